The van der Waals surface area contributed by atoms with Crippen LogP contribution >= 0.6 is 0 Å². The minimum Gasteiger partial charge on any atom is -0.424 e. The maximum absolute atomic E-state index is 5.75. The predicted molar refractivity (Wildman–Crippen MR) is 91.7 cm³/mol. The van der Waals surface area contributed by atoms with E-state index in [1.807, 2.05) is 12.1 Å². The molecule has 0 amide bonds. The summed E-state index contributed by atoms with van der Waals surface area (Å²) in [7, 11) is 0. The molecule has 1 aromatic carbocycles. The first-order valence-electron chi connectivity index (χ1n) is 8.68. The molecular formula is C18H23N5O. The van der Waals surface area contributed by atoms with Gasteiger partial charge >= 0.3 is 0 Å². The molecule has 1 atom stereocenters. The minimum atomic E-state index is 0.274. The summed E-state index contributed by atoms with van der Waals surface area (Å²) >= 11 is 0. The molecule has 126 valence electrons. The van der Waals surface area contributed by atoms with E-state index in [0.717, 1.165) is 55.2 Å². The van der Waals surface area contributed by atoms with Gasteiger partial charge < -0.3 is 9.40 Å². The van der Waals surface area contributed by atoms with E-state index in [0.29, 0.717) is 11.8 Å². The van der Waals surface area contributed by atoms with Crippen molar-refractivity contribution in [3.63, 3.8) is 0 Å². The molecule has 2 aromatic heterocycles. The lowest BCUT2D eigenvalue weighted by atomic mass is 9.97. The summed E-state index contributed by atoms with van der Waals surface area (Å²) in [6.07, 6.45) is 2.32. The molecule has 0 saturated carbocycles. The number of hydrogen-bond acceptors (Lipinski definition) is 5. The Bertz CT molecular complexity index is 789. The van der Waals surface area contributed by atoms with Gasteiger partial charge in [-0.25, -0.2) is 4.98 Å². The summed E-state index contributed by atoms with van der Waals surface area (Å²) in [6, 6.07) is 8.21. The van der Waals surface area contributed by atoms with Gasteiger partial charge in [0.1, 0.15) is 5.82 Å². The van der Waals surface area contributed by atoms with Crippen LogP contribution in [0, 0.1) is 0 Å². The second-order valence-corrected chi connectivity index (χ2v) is 6.90. The van der Waals surface area contributed by atoms with Gasteiger partial charge in [0.2, 0.25) is 11.8 Å². The first kappa shape index (κ1) is 15.3. The second kappa shape index (κ2) is 6.36. The lowest BCUT2D eigenvalue weighted by Gasteiger charge is -2.30. The first-order chi connectivity index (χ1) is 11.7. The summed E-state index contributed by atoms with van der Waals surface area (Å²) in [5.41, 5.74) is 2.16. The van der Waals surface area contributed by atoms with Gasteiger partial charge in [0.25, 0.3) is 0 Å². The van der Waals surface area contributed by atoms with Crippen molar-refractivity contribution in [2.45, 2.75) is 45.1 Å². The van der Waals surface area contributed by atoms with Crippen LogP contribution in [0.15, 0.2) is 28.7 Å². The number of likely N-dealkylation sites (tertiary alicyclic amines) is 1. The Labute approximate surface area is 141 Å². The van der Waals surface area contributed by atoms with Gasteiger partial charge in [0.15, 0.2) is 0 Å². The first-order valence-corrected chi connectivity index (χ1v) is 8.68. The molecule has 1 aliphatic rings. The molecule has 6 heteroatoms. The van der Waals surface area contributed by atoms with E-state index in [1.165, 1.54) is 0 Å². The number of nitrogens with zero attached hydrogens (tertiary/aromatic N) is 4. The standard InChI is InChI=1S/C18H23N5O/c1-12(2)18-22-21-16(24-18)11-23-9-5-6-13(10-23)17-19-14-7-3-4-8-15(14)20-17/h3-4,7-8,12-13H,5-6,9-11H2,1-2H3,(H,19,20). The number of hydrogen-bond donors (Lipinski definition) is 1. The van der Waals surface area contributed by atoms with Crippen LogP contribution in [0.2, 0.25) is 0 Å². The lowest BCUT2D eigenvalue weighted by Crippen LogP contribution is -2.34. The Morgan fingerprint density at radius 3 is 2.96 bits per heavy atom. The van der Waals surface area contributed by atoms with Gasteiger partial charge in [0.05, 0.1) is 17.6 Å². The predicted octanol–water partition coefficient (Wildman–Crippen LogP) is 3.45. The van der Waals surface area contributed by atoms with Crippen LogP contribution in [-0.2, 0) is 6.54 Å². The van der Waals surface area contributed by atoms with Gasteiger partial charge in [-0.3, -0.25) is 4.90 Å². The minimum absolute atomic E-state index is 0.274. The van der Waals surface area contributed by atoms with Crippen molar-refractivity contribution >= 4 is 11.0 Å². The van der Waals surface area contributed by atoms with Crippen LogP contribution in [-0.4, -0.2) is 38.2 Å². The third-order valence-corrected chi connectivity index (χ3v) is 4.64. The van der Waals surface area contributed by atoms with E-state index in [9.17, 15) is 0 Å². The molecule has 1 aliphatic heterocycles. The average molecular weight is 325 g/mol. The normalized spacial score (nSPS) is 19.4. The zero-order valence-corrected chi connectivity index (χ0v) is 14.2. The summed E-state index contributed by atoms with van der Waals surface area (Å²) in [6.45, 7) is 6.89. The third kappa shape index (κ3) is 3.06. The quantitative estimate of drug-likeness (QED) is 0.795. The SMILES string of the molecule is CC(C)c1nnc(CN2CCCC(c3nc4ccccc4[nH]3)C2)o1. The van der Waals surface area contributed by atoms with E-state index < -0.39 is 0 Å². The fourth-order valence-electron chi connectivity index (χ4n) is 3.34. The van der Waals surface area contributed by atoms with Gasteiger partial charge in [0, 0.05) is 18.4 Å². The highest BCUT2D eigenvalue weighted by molar-refractivity contribution is 5.74. The van der Waals surface area contributed by atoms with Gasteiger partial charge in [-0.1, -0.05) is 26.0 Å². The van der Waals surface area contributed by atoms with Crippen molar-refractivity contribution in [1.82, 2.24) is 25.1 Å². The molecule has 0 spiro atoms. The molecule has 6 nitrogen and oxygen atoms in total. The molecule has 0 aliphatic carbocycles. The molecular weight excluding hydrogens is 302 g/mol. The highest BCUT2D eigenvalue weighted by Gasteiger charge is 2.25. The number of piperidine rings is 1. The number of imidazole rings is 1. The summed E-state index contributed by atoms with van der Waals surface area (Å²) in [5.74, 6) is 3.23. The maximum atomic E-state index is 5.75. The summed E-state index contributed by atoms with van der Waals surface area (Å²) in [5, 5.41) is 8.31. The molecule has 1 N–H and O–H groups in total. The van der Waals surface area contributed by atoms with Crippen LogP contribution < -0.4 is 0 Å². The van der Waals surface area contributed by atoms with E-state index in [4.69, 9.17) is 9.40 Å². The molecule has 0 bridgehead atoms. The van der Waals surface area contributed by atoms with Gasteiger partial charge in [-0.15, -0.1) is 10.2 Å². The van der Waals surface area contributed by atoms with Crippen molar-refractivity contribution in [3.05, 3.63) is 41.9 Å². The Morgan fingerprint density at radius 2 is 2.17 bits per heavy atom. The number of benzene rings is 1. The Morgan fingerprint density at radius 1 is 1.29 bits per heavy atom. The monoisotopic (exact) mass is 325 g/mol. The van der Waals surface area contributed by atoms with E-state index in [-0.39, 0.29) is 5.92 Å². The number of aromatic amines is 1. The number of H-pyrrole nitrogens is 1. The Balaban J connectivity index is 1.46. The lowest BCUT2D eigenvalue weighted by molar-refractivity contribution is 0.179. The number of nitrogens with one attached hydrogen (secondary N) is 1. The second-order valence-electron chi connectivity index (χ2n) is 6.90. The molecule has 24 heavy (non-hydrogen) atoms. The summed E-state index contributed by atoms with van der Waals surface area (Å²) in [4.78, 5) is 10.6. The topological polar surface area (TPSA) is 70.8 Å². The molecule has 3 heterocycles. The third-order valence-electron chi connectivity index (χ3n) is 4.64. The van der Waals surface area contributed by atoms with E-state index in [2.05, 4.69) is 46.1 Å². The molecule has 4 rings (SSSR count). The largest absolute Gasteiger partial charge is 0.424 e. The van der Waals surface area contributed by atoms with Crippen LogP contribution in [0.4, 0.5) is 0 Å². The smallest absolute Gasteiger partial charge is 0.230 e. The fourth-order valence-corrected chi connectivity index (χ4v) is 3.34. The van der Waals surface area contributed by atoms with Crippen LogP contribution in [0.3, 0.4) is 0 Å². The van der Waals surface area contributed by atoms with Gasteiger partial charge in [-0.2, -0.15) is 0 Å². The van der Waals surface area contributed by atoms with E-state index in [1.54, 1.807) is 0 Å². The van der Waals surface area contributed by atoms with Crippen molar-refractivity contribution < 1.29 is 4.42 Å². The average Bonchev–Trinajstić information content (AvgIpc) is 3.21. The van der Waals surface area contributed by atoms with Crippen molar-refractivity contribution in [2.75, 3.05) is 13.1 Å². The molecule has 1 fully saturated rings. The molecule has 1 saturated heterocycles. The van der Waals surface area contributed by atoms with Crippen LogP contribution in [0.1, 0.15) is 56.1 Å². The summed E-state index contributed by atoms with van der Waals surface area (Å²) < 4.78 is 5.75. The number of para-hydroxylation sites is 2. The molecule has 3 aromatic rings. The number of fused-ring (bicyclic) bond motifs is 1. The fraction of sp³-hybridized carbons (Fsp3) is 0.500. The highest BCUT2D eigenvalue weighted by atomic mass is 16.4. The van der Waals surface area contributed by atoms with Crippen molar-refractivity contribution in [1.29, 1.82) is 0 Å². The maximum Gasteiger partial charge on any atom is 0.230 e. The zero-order chi connectivity index (χ0) is 16.5. The van der Waals surface area contributed by atoms with Crippen molar-refractivity contribution in [3.8, 4) is 0 Å². The number of aromatic nitrogens is 4. The molecule has 1 unspecified atom stereocenters. The number of rotatable bonds is 4. The van der Waals surface area contributed by atoms with E-state index >= 15 is 0 Å². The van der Waals surface area contributed by atoms with Gasteiger partial charge in [-0.05, 0) is 31.5 Å². The Hall–Kier alpha value is -2.21. The molecule has 0 radical (unpaired) electrons. The van der Waals surface area contributed by atoms with Crippen molar-refractivity contribution in [2.24, 2.45) is 0 Å². The zero-order valence-electron chi connectivity index (χ0n) is 14.2. The highest BCUT2D eigenvalue weighted by Crippen LogP contribution is 2.27. The Kier molecular flexibility index (Phi) is 4.06. The van der Waals surface area contributed by atoms with Crippen LogP contribution in [0.5, 0.6) is 0 Å². The van der Waals surface area contributed by atoms with Crippen LogP contribution in [0.25, 0.3) is 11.0 Å².